The van der Waals surface area contributed by atoms with Crippen molar-refractivity contribution >= 4 is 23.0 Å². The maximum absolute atomic E-state index is 5.85. The van der Waals surface area contributed by atoms with Gasteiger partial charge >= 0.3 is 0 Å². The topological polar surface area (TPSA) is 33.7 Å². The van der Waals surface area contributed by atoms with Crippen LogP contribution in [0.3, 0.4) is 0 Å². The van der Waals surface area contributed by atoms with E-state index in [-0.39, 0.29) is 6.10 Å². The van der Waals surface area contributed by atoms with Gasteiger partial charge in [0.25, 0.3) is 0 Å². The first kappa shape index (κ1) is 19.6. The molecule has 1 atom stereocenters. The van der Waals surface area contributed by atoms with E-state index in [1.807, 2.05) is 12.1 Å². The van der Waals surface area contributed by atoms with Crippen LogP contribution in [0.2, 0.25) is 0 Å². The summed E-state index contributed by atoms with van der Waals surface area (Å²) in [5.74, 6) is 0.859. The number of benzene rings is 2. The summed E-state index contributed by atoms with van der Waals surface area (Å²) in [6.07, 6.45) is 2.44. The molecule has 1 saturated heterocycles. The van der Waals surface area contributed by atoms with E-state index in [1.165, 1.54) is 11.1 Å². The molecule has 1 aliphatic rings. The lowest BCUT2D eigenvalue weighted by Gasteiger charge is -2.29. The number of aryl methyl sites for hydroxylation is 2. The van der Waals surface area contributed by atoms with E-state index in [9.17, 15) is 0 Å². The van der Waals surface area contributed by atoms with Gasteiger partial charge in [0, 0.05) is 25.4 Å². The van der Waals surface area contributed by atoms with Crippen molar-refractivity contribution in [3.63, 3.8) is 0 Å². The number of hydrogen-bond donors (Lipinski definition) is 1. The van der Waals surface area contributed by atoms with Crippen LogP contribution in [0.15, 0.2) is 42.5 Å². The lowest BCUT2D eigenvalue weighted by molar-refractivity contribution is 0.0905. The summed E-state index contributed by atoms with van der Waals surface area (Å²) >= 11 is 5.77. The Morgan fingerprint density at radius 2 is 2.11 bits per heavy atom. The van der Waals surface area contributed by atoms with Gasteiger partial charge in [0.2, 0.25) is 0 Å². The molecule has 0 bridgehead atoms. The molecule has 1 unspecified atom stereocenters. The Balaban J connectivity index is 1.76. The molecule has 4 nitrogen and oxygen atoms in total. The molecule has 1 aliphatic heterocycles. The number of nitrogens with zero attached hydrogens (tertiary/aromatic N) is 1. The zero-order chi connectivity index (χ0) is 19.2. The fraction of sp³-hybridized carbons (Fsp3) is 0.409. The van der Waals surface area contributed by atoms with Crippen LogP contribution < -0.4 is 10.1 Å². The second-order valence-electron chi connectivity index (χ2n) is 7.12. The SMILES string of the molecule is COc1cccc(CN(CC2CCCO2)C(=S)Nc2ccc(C)cc2C)c1. The van der Waals surface area contributed by atoms with Crippen molar-refractivity contribution in [2.75, 3.05) is 25.6 Å². The number of ether oxygens (including phenoxy) is 2. The Kier molecular flexibility index (Phi) is 6.69. The highest BCUT2D eigenvalue weighted by Gasteiger charge is 2.21. The van der Waals surface area contributed by atoms with Gasteiger partial charge in [-0.05, 0) is 68.2 Å². The molecule has 27 heavy (non-hydrogen) atoms. The van der Waals surface area contributed by atoms with Gasteiger partial charge in [0.05, 0.1) is 13.2 Å². The van der Waals surface area contributed by atoms with Crippen LogP contribution in [-0.2, 0) is 11.3 Å². The average Bonchev–Trinajstić information content (AvgIpc) is 3.17. The standard InChI is InChI=1S/C22H28N2O2S/c1-16-9-10-21(17(2)12-16)23-22(27)24(15-20-8-5-11-26-20)14-18-6-4-7-19(13-18)25-3/h4,6-7,9-10,12-13,20H,5,8,11,14-15H2,1-3H3,(H,23,27). The molecule has 5 heteroatoms. The normalized spacial score (nSPS) is 16.2. The van der Waals surface area contributed by atoms with Crippen LogP contribution in [0, 0.1) is 13.8 Å². The lowest BCUT2D eigenvalue weighted by atomic mass is 10.1. The zero-order valence-electron chi connectivity index (χ0n) is 16.3. The third kappa shape index (κ3) is 5.44. The van der Waals surface area contributed by atoms with Gasteiger partial charge in [-0.2, -0.15) is 0 Å². The molecule has 0 aliphatic carbocycles. The molecule has 3 rings (SSSR count). The molecule has 1 heterocycles. The first-order valence-electron chi connectivity index (χ1n) is 9.43. The van der Waals surface area contributed by atoms with Crippen molar-refractivity contribution in [3.05, 3.63) is 59.2 Å². The number of anilines is 1. The summed E-state index contributed by atoms with van der Waals surface area (Å²) in [5, 5.41) is 4.15. The molecule has 0 saturated carbocycles. The molecular weight excluding hydrogens is 356 g/mol. The van der Waals surface area contributed by atoms with Crippen molar-refractivity contribution in [2.45, 2.75) is 39.3 Å². The van der Waals surface area contributed by atoms with Crippen molar-refractivity contribution < 1.29 is 9.47 Å². The summed E-state index contributed by atoms with van der Waals surface area (Å²) < 4.78 is 11.2. The minimum Gasteiger partial charge on any atom is -0.497 e. The van der Waals surface area contributed by atoms with Crippen LogP contribution in [0.4, 0.5) is 5.69 Å². The van der Waals surface area contributed by atoms with Crippen LogP contribution in [0.5, 0.6) is 5.75 Å². The Morgan fingerprint density at radius 1 is 1.26 bits per heavy atom. The number of hydrogen-bond acceptors (Lipinski definition) is 3. The molecule has 2 aromatic rings. The molecule has 0 spiro atoms. The third-order valence-electron chi connectivity index (χ3n) is 4.87. The Bertz CT molecular complexity index is 788. The molecule has 144 valence electrons. The molecular formula is C22H28N2O2S. The lowest BCUT2D eigenvalue weighted by Crippen LogP contribution is -2.39. The van der Waals surface area contributed by atoms with Gasteiger partial charge in [0.1, 0.15) is 5.75 Å². The first-order valence-corrected chi connectivity index (χ1v) is 9.83. The van der Waals surface area contributed by atoms with Crippen LogP contribution >= 0.6 is 12.2 Å². The average molecular weight is 385 g/mol. The fourth-order valence-electron chi connectivity index (χ4n) is 3.39. The van der Waals surface area contributed by atoms with E-state index in [0.29, 0.717) is 6.54 Å². The van der Waals surface area contributed by atoms with Gasteiger partial charge in [0.15, 0.2) is 5.11 Å². The summed E-state index contributed by atoms with van der Waals surface area (Å²) in [6, 6.07) is 14.5. The predicted molar refractivity (Wildman–Crippen MR) is 115 cm³/mol. The van der Waals surface area contributed by atoms with Crippen LogP contribution in [0.1, 0.15) is 29.5 Å². The fourth-order valence-corrected chi connectivity index (χ4v) is 3.64. The highest BCUT2D eigenvalue weighted by atomic mass is 32.1. The third-order valence-corrected chi connectivity index (χ3v) is 5.23. The second-order valence-corrected chi connectivity index (χ2v) is 7.50. The molecule has 1 fully saturated rings. The minimum absolute atomic E-state index is 0.231. The predicted octanol–water partition coefficient (Wildman–Crippen LogP) is 4.69. The summed E-state index contributed by atoms with van der Waals surface area (Å²) in [4.78, 5) is 2.19. The Labute approximate surface area is 167 Å². The smallest absolute Gasteiger partial charge is 0.173 e. The van der Waals surface area contributed by atoms with Gasteiger partial charge in [-0.1, -0.05) is 29.8 Å². The van der Waals surface area contributed by atoms with Crippen LogP contribution in [0.25, 0.3) is 0 Å². The Hall–Kier alpha value is -2.11. The van der Waals surface area contributed by atoms with Crippen molar-refractivity contribution in [1.29, 1.82) is 0 Å². The largest absolute Gasteiger partial charge is 0.497 e. The number of rotatable bonds is 6. The monoisotopic (exact) mass is 384 g/mol. The second kappa shape index (κ2) is 9.20. The van der Waals surface area contributed by atoms with Crippen LogP contribution in [-0.4, -0.2) is 36.4 Å². The molecule has 0 amide bonds. The van der Waals surface area contributed by atoms with E-state index < -0.39 is 0 Å². The first-order chi connectivity index (χ1) is 13.0. The molecule has 2 aromatic carbocycles. The quantitative estimate of drug-likeness (QED) is 0.731. The van der Waals surface area contributed by atoms with E-state index in [0.717, 1.165) is 48.1 Å². The van der Waals surface area contributed by atoms with Gasteiger partial charge in [-0.3, -0.25) is 0 Å². The highest BCUT2D eigenvalue weighted by molar-refractivity contribution is 7.80. The Morgan fingerprint density at radius 3 is 2.81 bits per heavy atom. The van der Waals surface area contributed by atoms with E-state index >= 15 is 0 Å². The molecule has 0 radical (unpaired) electrons. The van der Waals surface area contributed by atoms with E-state index in [4.69, 9.17) is 21.7 Å². The van der Waals surface area contributed by atoms with Crippen molar-refractivity contribution in [3.8, 4) is 5.75 Å². The van der Waals surface area contributed by atoms with E-state index in [2.05, 4.69) is 54.4 Å². The van der Waals surface area contributed by atoms with Crippen molar-refractivity contribution in [2.24, 2.45) is 0 Å². The summed E-state index contributed by atoms with van der Waals surface area (Å²) in [6.45, 7) is 6.54. The number of thiocarbonyl (C=S) groups is 1. The highest BCUT2D eigenvalue weighted by Crippen LogP contribution is 2.21. The van der Waals surface area contributed by atoms with Gasteiger partial charge in [-0.15, -0.1) is 0 Å². The van der Waals surface area contributed by atoms with Crippen molar-refractivity contribution in [1.82, 2.24) is 4.90 Å². The molecule has 1 N–H and O–H groups in total. The maximum Gasteiger partial charge on any atom is 0.173 e. The van der Waals surface area contributed by atoms with E-state index in [1.54, 1.807) is 7.11 Å². The summed E-state index contributed by atoms with van der Waals surface area (Å²) in [5.41, 5.74) is 4.65. The van der Waals surface area contributed by atoms with Gasteiger partial charge in [-0.25, -0.2) is 0 Å². The minimum atomic E-state index is 0.231. The number of methoxy groups -OCH3 is 1. The summed E-state index contributed by atoms with van der Waals surface area (Å²) in [7, 11) is 1.69. The molecule has 0 aromatic heterocycles. The van der Waals surface area contributed by atoms with Gasteiger partial charge < -0.3 is 19.7 Å². The maximum atomic E-state index is 5.85. The zero-order valence-corrected chi connectivity index (χ0v) is 17.1. The number of nitrogens with one attached hydrogen (secondary N) is 1.